The van der Waals surface area contributed by atoms with Crippen molar-refractivity contribution in [3.63, 3.8) is 0 Å². The highest BCUT2D eigenvalue weighted by Crippen LogP contribution is 2.30. The number of nitrogen functional groups attached to an aromatic ring is 1. The number of sulfonamides is 1. The summed E-state index contributed by atoms with van der Waals surface area (Å²) in [5.74, 6) is 0. The fourth-order valence-electron chi connectivity index (χ4n) is 1.78. The number of rotatable bonds is 4. The highest BCUT2D eigenvalue weighted by atomic mass is 32.2. The summed E-state index contributed by atoms with van der Waals surface area (Å²) in [4.78, 5) is 10.0. The topological polar surface area (TPSA) is 107 Å². The molecule has 0 fully saturated rings. The Bertz CT molecular complexity index is 650. The van der Waals surface area contributed by atoms with Crippen molar-refractivity contribution in [2.45, 2.75) is 38.6 Å². The van der Waals surface area contributed by atoms with Gasteiger partial charge in [-0.25, -0.2) is 8.42 Å². The number of hydrogen-bond donors (Lipinski definition) is 1. The Balaban J connectivity index is 3.26. The zero-order valence-electron chi connectivity index (χ0n) is 12.8. The van der Waals surface area contributed by atoms with E-state index in [9.17, 15) is 18.5 Å². The molecule has 2 N–H and O–H groups in total. The van der Waals surface area contributed by atoms with E-state index in [0.29, 0.717) is 0 Å². The average Bonchev–Trinajstić information content (AvgIpc) is 2.35. The Morgan fingerprint density at radius 3 is 2.24 bits per heavy atom. The summed E-state index contributed by atoms with van der Waals surface area (Å²) >= 11 is 0. The lowest BCUT2D eigenvalue weighted by molar-refractivity contribution is -0.383. The fourth-order valence-corrected chi connectivity index (χ4v) is 3.36. The fraction of sp³-hybridized carbons (Fsp3) is 0.538. The molecule has 1 atom stereocenters. The minimum absolute atomic E-state index is 0.0517. The lowest BCUT2D eigenvalue weighted by atomic mass is 9.88. The SMILES string of the molecule is CC(N(C)S(=O)(=O)c1ccc([N+](=O)[O-])c(N)c1)C(C)(C)C. The molecular formula is C13H21N3O4S. The number of nitrogens with zero attached hydrogens (tertiary/aromatic N) is 2. The maximum atomic E-state index is 12.6. The summed E-state index contributed by atoms with van der Waals surface area (Å²) in [5.41, 5.74) is 4.84. The Labute approximate surface area is 124 Å². The van der Waals surface area contributed by atoms with Crippen LogP contribution >= 0.6 is 0 Å². The summed E-state index contributed by atoms with van der Waals surface area (Å²) in [7, 11) is -2.27. The standard InChI is InChI=1S/C13H21N3O4S/c1-9(13(2,3)4)15(5)21(19,20)10-6-7-12(16(17)18)11(14)8-10/h6-9H,14H2,1-5H3. The monoisotopic (exact) mass is 315 g/mol. The molecule has 0 aliphatic heterocycles. The number of hydrogen-bond acceptors (Lipinski definition) is 5. The molecule has 1 aromatic carbocycles. The molecule has 118 valence electrons. The van der Waals surface area contributed by atoms with Crippen LogP contribution in [0.15, 0.2) is 23.1 Å². The van der Waals surface area contributed by atoms with Gasteiger partial charge in [0.25, 0.3) is 5.69 Å². The van der Waals surface area contributed by atoms with Crippen LogP contribution in [0.2, 0.25) is 0 Å². The molecule has 0 aliphatic rings. The summed E-state index contributed by atoms with van der Waals surface area (Å²) in [6.45, 7) is 7.63. The second-order valence-corrected chi connectivity index (χ2v) is 8.04. The molecule has 21 heavy (non-hydrogen) atoms. The summed E-state index contributed by atoms with van der Waals surface area (Å²) in [5, 5.41) is 10.7. The lowest BCUT2D eigenvalue weighted by Crippen LogP contribution is -2.42. The molecule has 0 radical (unpaired) electrons. The van der Waals surface area contributed by atoms with Gasteiger partial charge in [0.2, 0.25) is 10.0 Å². The van der Waals surface area contributed by atoms with Crippen molar-refractivity contribution in [3.8, 4) is 0 Å². The summed E-state index contributed by atoms with van der Waals surface area (Å²) in [6.07, 6.45) is 0. The Kier molecular flexibility index (Phi) is 4.64. The zero-order valence-corrected chi connectivity index (χ0v) is 13.6. The first-order valence-corrected chi connectivity index (χ1v) is 7.85. The molecule has 8 heteroatoms. The van der Waals surface area contributed by atoms with Crippen LogP contribution in [0.25, 0.3) is 0 Å². The van der Waals surface area contributed by atoms with E-state index in [-0.39, 0.29) is 27.7 Å². The smallest absolute Gasteiger partial charge is 0.292 e. The van der Waals surface area contributed by atoms with Gasteiger partial charge in [-0.15, -0.1) is 0 Å². The first-order valence-electron chi connectivity index (χ1n) is 6.41. The quantitative estimate of drug-likeness (QED) is 0.521. The van der Waals surface area contributed by atoms with Crippen molar-refractivity contribution in [2.24, 2.45) is 5.41 Å². The van der Waals surface area contributed by atoms with Crippen molar-refractivity contribution in [1.29, 1.82) is 0 Å². The minimum Gasteiger partial charge on any atom is -0.393 e. The van der Waals surface area contributed by atoms with E-state index < -0.39 is 14.9 Å². The predicted molar refractivity (Wildman–Crippen MR) is 81.4 cm³/mol. The van der Waals surface area contributed by atoms with Crippen LogP contribution in [-0.4, -0.2) is 30.7 Å². The van der Waals surface area contributed by atoms with E-state index >= 15 is 0 Å². The zero-order chi connectivity index (χ0) is 16.6. The maximum Gasteiger partial charge on any atom is 0.292 e. The molecule has 1 aromatic rings. The van der Waals surface area contributed by atoms with Gasteiger partial charge in [-0.1, -0.05) is 20.8 Å². The number of nitro benzene ring substituents is 1. The molecule has 0 aliphatic carbocycles. The third kappa shape index (κ3) is 3.51. The van der Waals surface area contributed by atoms with Gasteiger partial charge < -0.3 is 5.73 Å². The molecule has 0 saturated heterocycles. The van der Waals surface area contributed by atoms with Gasteiger partial charge in [-0.05, 0) is 24.5 Å². The van der Waals surface area contributed by atoms with Gasteiger partial charge >= 0.3 is 0 Å². The van der Waals surface area contributed by atoms with Crippen LogP contribution in [0.3, 0.4) is 0 Å². The minimum atomic E-state index is -3.76. The molecule has 0 heterocycles. The average molecular weight is 315 g/mol. The first kappa shape index (κ1) is 17.4. The summed E-state index contributed by atoms with van der Waals surface area (Å²) in [6, 6.07) is 3.19. The van der Waals surface area contributed by atoms with E-state index in [1.165, 1.54) is 17.4 Å². The lowest BCUT2D eigenvalue weighted by Gasteiger charge is -2.34. The van der Waals surface area contributed by atoms with E-state index in [0.717, 1.165) is 12.1 Å². The van der Waals surface area contributed by atoms with Crippen LogP contribution in [0.5, 0.6) is 0 Å². The first-order chi connectivity index (χ1) is 9.39. The Hall–Kier alpha value is -1.67. The van der Waals surface area contributed by atoms with Crippen LogP contribution in [0.1, 0.15) is 27.7 Å². The van der Waals surface area contributed by atoms with Crippen molar-refractivity contribution in [3.05, 3.63) is 28.3 Å². The van der Waals surface area contributed by atoms with E-state index in [1.807, 2.05) is 27.7 Å². The second-order valence-electron chi connectivity index (χ2n) is 6.04. The largest absolute Gasteiger partial charge is 0.393 e. The third-order valence-corrected chi connectivity index (χ3v) is 5.60. The van der Waals surface area contributed by atoms with Crippen LogP contribution in [0.4, 0.5) is 11.4 Å². The highest BCUT2D eigenvalue weighted by molar-refractivity contribution is 7.89. The number of anilines is 1. The van der Waals surface area contributed by atoms with Crippen LogP contribution in [0, 0.1) is 15.5 Å². The number of nitro groups is 1. The molecule has 0 amide bonds. The molecule has 1 unspecified atom stereocenters. The maximum absolute atomic E-state index is 12.6. The molecule has 0 spiro atoms. The van der Waals surface area contributed by atoms with Crippen molar-refractivity contribution >= 4 is 21.4 Å². The normalized spacial score (nSPS) is 14.2. The van der Waals surface area contributed by atoms with Gasteiger partial charge in [0, 0.05) is 19.2 Å². The Morgan fingerprint density at radius 2 is 1.86 bits per heavy atom. The van der Waals surface area contributed by atoms with Gasteiger partial charge in [-0.2, -0.15) is 4.31 Å². The Morgan fingerprint density at radius 1 is 1.33 bits per heavy atom. The molecular weight excluding hydrogens is 294 g/mol. The van der Waals surface area contributed by atoms with Gasteiger partial charge in [0.15, 0.2) is 0 Å². The number of nitrogens with two attached hydrogens (primary N) is 1. The molecule has 1 rings (SSSR count). The summed E-state index contributed by atoms with van der Waals surface area (Å²) < 4.78 is 26.4. The molecule has 0 saturated carbocycles. The van der Waals surface area contributed by atoms with Gasteiger partial charge in [0.05, 0.1) is 9.82 Å². The van der Waals surface area contributed by atoms with E-state index in [2.05, 4.69) is 0 Å². The van der Waals surface area contributed by atoms with Crippen molar-refractivity contribution < 1.29 is 13.3 Å². The molecule has 0 aromatic heterocycles. The highest BCUT2D eigenvalue weighted by Gasteiger charge is 2.33. The third-order valence-electron chi connectivity index (χ3n) is 3.67. The number of benzene rings is 1. The van der Waals surface area contributed by atoms with Crippen molar-refractivity contribution in [2.75, 3.05) is 12.8 Å². The van der Waals surface area contributed by atoms with E-state index in [4.69, 9.17) is 5.73 Å². The second kappa shape index (κ2) is 5.61. The van der Waals surface area contributed by atoms with E-state index in [1.54, 1.807) is 0 Å². The van der Waals surface area contributed by atoms with Gasteiger partial charge in [0.1, 0.15) is 5.69 Å². The van der Waals surface area contributed by atoms with Crippen molar-refractivity contribution in [1.82, 2.24) is 4.31 Å². The molecule has 7 nitrogen and oxygen atoms in total. The van der Waals surface area contributed by atoms with Crippen LogP contribution < -0.4 is 5.73 Å². The predicted octanol–water partition coefficient (Wildman–Crippen LogP) is 2.23. The molecule has 0 bridgehead atoms. The van der Waals surface area contributed by atoms with Crippen LogP contribution in [-0.2, 0) is 10.0 Å². The van der Waals surface area contributed by atoms with Gasteiger partial charge in [-0.3, -0.25) is 10.1 Å².